The van der Waals surface area contributed by atoms with Crippen LogP contribution in [0.3, 0.4) is 0 Å². The topological polar surface area (TPSA) is 62.2 Å². The van der Waals surface area contributed by atoms with E-state index in [-0.39, 0.29) is 17.9 Å². The van der Waals surface area contributed by atoms with Crippen LogP contribution in [0.15, 0.2) is 30.3 Å². The minimum absolute atomic E-state index is 0.0798. The zero-order chi connectivity index (χ0) is 14.2. The van der Waals surface area contributed by atoms with Gasteiger partial charge in [-0.05, 0) is 31.9 Å². The minimum atomic E-state index is -0.117. The molecule has 0 saturated heterocycles. The second kappa shape index (κ2) is 4.87. The Morgan fingerprint density at radius 2 is 2.15 bits per heavy atom. The molecule has 3 rings (SSSR count). The van der Waals surface area contributed by atoms with Gasteiger partial charge in [0.2, 0.25) is 0 Å². The first kappa shape index (κ1) is 13.1. The Balaban J connectivity index is 1.85. The fourth-order valence-electron chi connectivity index (χ4n) is 2.36. The molecule has 1 amide bonds. The molecule has 0 spiro atoms. The summed E-state index contributed by atoms with van der Waals surface area (Å²) < 4.78 is 0. The summed E-state index contributed by atoms with van der Waals surface area (Å²) in [5.74, 6) is -0.117. The number of rotatable bonds is 4. The first-order valence-electron chi connectivity index (χ1n) is 6.89. The number of carbonyl (C=O) groups is 1. The van der Waals surface area contributed by atoms with E-state index in [2.05, 4.69) is 10.3 Å². The number of aromatic nitrogens is 1. The van der Waals surface area contributed by atoms with Crippen LogP contribution in [0.2, 0.25) is 0 Å². The number of hydrogen-bond acceptors (Lipinski definition) is 3. The zero-order valence-corrected chi connectivity index (χ0v) is 11.5. The zero-order valence-electron chi connectivity index (χ0n) is 11.5. The Morgan fingerprint density at radius 1 is 1.35 bits per heavy atom. The van der Waals surface area contributed by atoms with Crippen molar-refractivity contribution < 1.29 is 9.90 Å². The van der Waals surface area contributed by atoms with E-state index in [4.69, 9.17) is 0 Å². The number of nitrogens with zero attached hydrogens (tertiary/aromatic N) is 1. The number of amides is 1. The van der Waals surface area contributed by atoms with Crippen LogP contribution in [0.4, 0.5) is 0 Å². The van der Waals surface area contributed by atoms with Gasteiger partial charge >= 0.3 is 0 Å². The van der Waals surface area contributed by atoms with Crippen LogP contribution in [-0.4, -0.2) is 29.1 Å². The third-order valence-electron chi connectivity index (χ3n) is 4.02. The van der Waals surface area contributed by atoms with Crippen molar-refractivity contribution in [3.8, 4) is 0 Å². The van der Waals surface area contributed by atoms with Gasteiger partial charge in [0.1, 0.15) is 0 Å². The van der Waals surface area contributed by atoms with Crippen molar-refractivity contribution in [1.29, 1.82) is 0 Å². The molecule has 0 unspecified atom stereocenters. The molecule has 1 heterocycles. The molecule has 0 aliphatic heterocycles. The van der Waals surface area contributed by atoms with Crippen LogP contribution in [0, 0.1) is 12.3 Å². The highest BCUT2D eigenvalue weighted by molar-refractivity contribution is 6.05. The van der Waals surface area contributed by atoms with Crippen LogP contribution in [0.25, 0.3) is 10.9 Å². The lowest BCUT2D eigenvalue weighted by Crippen LogP contribution is -2.32. The molecule has 4 heteroatoms. The quantitative estimate of drug-likeness (QED) is 0.893. The molecule has 104 valence electrons. The lowest BCUT2D eigenvalue weighted by Gasteiger charge is -2.13. The van der Waals surface area contributed by atoms with Gasteiger partial charge in [-0.1, -0.05) is 18.2 Å². The Labute approximate surface area is 117 Å². The molecule has 1 fully saturated rings. The molecule has 2 N–H and O–H groups in total. The molecule has 1 aromatic heterocycles. The number of aliphatic hydroxyl groups is 1. The van der Waals surface area contributed by atoms with E-state index in [0.717, 1.165) is 29.4 Å². The van der Waals surface area contributed by atoms with Gasteiger partial charge in [-0.3, -0.25) is 9.78 Å². The maximum atomic E-state index is 12.3. The van der Waals surface area contributed by atoms with Crippen molar-refractivity contribution in [2.45, 2.75) is 19.8 Å². The summed E-state index contributed by atoms with van der Waals surface area (Å²) in [6.07, 6.45) is 1.97. The number of fused-ring (bicyclic) bond motifs is 1. The molecule has 1 aromatic carbocycles. The largest absolute Gasteiger partial charge is 0.396 e. The number of nitrogens with one attached hydrogen (secondary N) is 1. The second-order valence-electron chi connectivity index (χ2n) is 5.67. The average Bonchev–Trinajstić information content (AvgIpc) is 3.25. The summed E-state index contributed by atoms with van der Waals surface area (Å²) in [4.78, 5) is 16.8. The van der Waals surface area contributed by atoms with Gasteiger partial charge in [0.05, 0.1) is 17.7 Å². The SMILES string of the molecule is Cc1ccc2cccc(C(=O)NCC3(CO)CC3)c2n1. The van der Waals surface area contributed by atoms with Gasteiger partial charge in [0, 0.05) is 23.0 Å². The van der Waals surface area contributed by atoms with Gasteiger partial charge in [-0.15, -0.1) is 0 Å². The molecule has 4 nitrogen and oxygen atoms in total. The van der Waals surface area contributed by atoms with Gasteiger partial charge in [-0.25, -0.2) is 0 Å². The van der Waals surface area contributed by atoms with E-state index in [9.17, 15) is 9.90 Å². The lowest BCUT2D eigenvalue weighted by molar-refractivity contribution is 0.0936. The van der Waals surface area contributed by atoms with Gasteiger partial charge in [0.15, 0.2) is 0 Å². The monoisotopic (exact) mass is 270 g/mol. The molecule has 0 atom stereocenters. The summed E-state index contributed by atoms with van der Waals surface area (Å²) in [5.41, 5.74) is 2.15. The van der Waals surface area contributed by atoms with Crippen molar-refractivity contribution >= 4 is 16.8 Å². The van der Waals surface area contributed by atoms with Gasteiger partial charge in [-0.2, -0.15) is 0 Å². The van der Waals surface area contributed by atoms with Crippen LogP contribution in [0.1, 0.15) is 28.9 Å². The fraction of sp³-hybridized carbons (Fsp3) is 0.375. The molecule has 0 radical (unpaired) electrons. The summed E-state index contributed by atoms with van der Waals surface area (Å²) >= 11 is 0. The van der Waals surface area contributed by atoms with E-state index in [1.165, 1.54) is 0 Å². The molecule has 1 saturated carbocycles. The Bertz CT molecular complexity index is 663. The van der Waals surface area contributed by atoms with Crippen LogP contribution < -0.4 is 5.32 Å². The van der Waals surface area contributed by atoms with Crippen LogP contribution in [-0.2, 0) is 0 Å². The number of para-hydroxylation sites is 1. The molecule has 20 heavy (non-hydrogen) atoms. The summed E-state index contributed by atoms with van der Waals surface area (Å²) in [6, 6.07) is 9.53. The lowest BCUT2D eigenvalue weighted by atomic mass is 10.1. The van der Waals surface area contributed by atoms with E-state index >= 15 is 0 Å². The maximum absolute atomic E-state index is 12.3. The number of aliphatic hydroxyl groups excluding tert-OH is 1. The first-order chi connectivity index (χ1) is 9.63. The van der Waals surface area contributed by atoms with E-state index in [0.29, 0.717) is 12.1 Å². The fourth-order valence-corrected chi connectivity index (χ4v) is 2.36. The van der Waals surface area contributed by atoms with Crippen molar-refractivity contribution in [3.63, 3.8) is 0 Å². The van der Waals surface area contributed by atoms with E-state index < -0.39 is 0 Å². The molecule has 1 aliphatic rings. The molecular formula is C16H18N2O2. The molecule has 2 aromatic rings. The van der Waals surface area contributed by atoms with E-state index in [1.54, 1.807) is 6.07 Å². The van der Waals surface area contributed by atoms with Crippen LogP contribution >= 0.6 is 0 Å². The molecular weight excluding hydrogens is 252 g/mol. The highest BCUT2D eigenvalue weighted by atomic mass is 16.3. The van der Waals surface area contributed by atoms with Crippen molar-refractivity contribution in [2.24, 2.45) is 5.41 Å². The third-order valence-corrected chi connectivity index (χ3v) is 4.02. The highest BCUT2D eigenvalue weighted by Gasteiger charge is 2.42. The van der Waals surface area contributed by atoms with Crippen molar-refractivity contribution in [1.82, 2.24) is 10.3 Å². The normalized spacial score (nSPS) is 16.1. The average molecular weight is 270 g/mol. The summed E-state index contributed by atoms with van der Waals surface area (Å²) in [7, 11) is 0. The first-order valence-corrected chi connectivity index (χ1v) is 6.89. The smallest absolute Gasteiger partial charge is 0.253 e. The summed E-state index contributed by atoms with van der Waals surface area (Å²) in [5, 5.41) is 13.2. The number of benzene rings is 1. The predicted molar refractivity (Wildman–Crippen MR) is 77.6 cm³/mol. The standard InChI is InChI=1S/C16H18N2O2/c1-11-5-6-12-3-2-4-13(14(12)18-11)15(20)17-9-16(10-19)7-8-16/h2-6,19H,7-10H2,1H3,(H,17,20). The van der Waals surface area contributed by atoms with E-state index in [1.807, 2.05) is 31.2 Å². The second-order valence-corrected chi connectivity index (χ2v) is 5.67. The third kappa shape index (κ3) is 2.39. The predicted octanol–water partition coefficient (Wildman–Crippen LogP) is 2.05. The highest BCUT2D eigenvalue weighted by Crippen LogP contribution is 2.44. The Kier molecular flexibility index (Phi) is 3.18. The number of aryl methyl sites for hydroxylation is 1. The number of carbonyl (C=O) groups excluding carboxylic acids is 1. The van der Waals surface area contributed by atoms with Gasteiger partial charge in [0.25, 0.3) is 5.91 Å². The summed E-state index contributed by atoms with van der Waals surface area (Å²) in [6.45, 7) is 2.59. The van der Waals surface area contributed by atoms with Crippen molar-refractivity contribution in [3.05, 3.63) is 41.6 Å². The minimum Gasteiger partial charge on any atom is -0.396 e. The number of pyridine rings is 1. The molecule has 0 bridgehead atoms. The maximum Gasteiger partial charge on any atom is 0.253 e. The molecule has 1 aliphatic carbocycles. The Morgan fingerprint density at radius 3 is 2.85 bits per heavy atom. The number of hydrogen-bond donors (Lipinski definition) is 2. The Hall–Kier alpha value is -1.94. The van der Waals surface area contributed by atoms with Gasteiger partial charge < -0.3 is 10.4 Å². The van der Waals surface area contributed by atoms with Crippen molar-refractivity contribution in [2.75, 3.05) is 13.2 Å². The van der Waals surface area contributed by atoms with Crippen LogP contribution in [0.5, 0.6) is 0 Å².